The highest BCUT2D eigenvalue weighted by molar-refractivity contribution is 5.36. The minimum absolute atomic E-state index is 0.134. The van der Waals surface area contributed by atoms with Crippen molar-refractivity contribution in [2.75, 3.05) is 11.9 Å². The van der Waals surface area contributed by atoms with Crippen molar-refractivity contribution >= 4 is 5.82 Å². The number of hydrogen-bond acceptors (Lipinski definition) is 4. The molecule has 16 heavy (non-hydrogen) atoms. The van der Waals surface area contributed by atoms with Gasteiger partial charge in [-0.25, -0.2) is 4.98 Å². The van der Waals surface area contributed by atoms with Gasteiger partial charge in [-0.2, -0.15) is 0 Å². The predicted molar refractivity (Wildman–Crippen MR) is 65.6 cm³/mol. The van der Waals surface area contributed by atoms with Gasteiger partial charge in [0.2, 0.25) is 0 Å². The van der Waals surface area contributed by atoms with Crippen LogP contribution in [0.5, 0.6) is 0 Å². The maximum absolute atomic E-state index is 11.4. The number of aromatic nitrogens is 2. The molecule has 0 aliphatic rings. The van der Waals surface area contributed by atoms with Crippen LogP contribution in [0.2, 0.25) is 0 Å². The van der Waals surface area contributed by atoms with Crippen LogP contribution in [0.3, 0.4) is 0 Å². The van der Waals surface area contributed by atoms with Gasteiger partial charge >= 0.3 is 0 Å². The SMILES string of the molecule is CCc1nc(NC(C)(CC)CN)cc(=O)[nH]1. The lowest BCUT2D eigenvalue weighted by molar-refractivity contribution is 0.504. The number of aromatic amines is 1. The van der Waals surface area contributed by atoms with E-state index in [0.29, 0.717) is 24.6 Å². The zero-order valence-electron chi connectivity index (χ0n) is 10.1. The summed E-state index contributed by atoms with van der Waals surface area (Å²) in [5.74, 6) is 1.28. The van der Waals surface area contributed by atoms with Gasteiger partial charge in [0.05, 0.1) is 0 Å². The highest BCUT2D eigenvalue weighted by Crippen LogP contribution is 2.14. The van der Waals surface area contributed by atoms with Gasteiger partial charge in [-0.1, -0.05) is 13.8 Å². The molecule has 0 aliphatic heterocycles. The molecule has 1 aromatic heterocycles. The van der Waals surface area contributed by atoms with Crippen LogP contribution in [0.1, 0.15) is 33.0 Å². The van der Waals surface area contributed by atoms with Crippen molar-refractivity contribution in [3.63, 3.8) is 0 Å². The van der Waals surface area contributed by atoms with Crippen LogP contribution in [0.25, 0.3) is 0 Å². The fraction of sp³-hybridized carbons (Fsp3) is 0.636. The Labute approximate surface area is 95.5 Å². The molecule has 1 unspecified atom stereocenters. The number of nitrogens with two attached hydrogens (primary N) is 1. The molecule has 4 N–H and O–H groups in total. The van der Waals surface area contributed by atoms with Crippen molar-refractivity contribution in [3.05, 3.63) is 22.2 Å². The van der Waals surface area contributed by atoms with Crippen molar-refractivity contribution in [2.45, 2.75) is 39.2 Å². The third-order valence-electron chi connectivity index (χ3n) is 2.79. The lowest BCUT2D eigenvalue weighted by Gasteiger charge is -2.28. The van der Waals surface area contributed by atoms with Gasteiger partial charge in [-0.05, 0) is 13.3 Å². The molecule has 1 aromatic rings. The van der Waals surface area contributed by atoms with Crippen LogP contribution in [0, 0.1) is 0 Å². The molecular formula is C11H20N4O. The van der Waals surface area contributed by atoms with Crippen molar-refractivity contribution < 1.29 is 0 Å². The molecule has 1 atom stereocenters. The summed E-state index contributed by atoms with van der Waals surface area (Å²) >= 11 is 0. The van der Waals surface area contributed by atoms with E-state index in [1.807, 2.05) is 20.8 Å². The minimum atomic E-state index is -0.216. The highest BCUT2D eigenvalue weighted by atomic mass is 16.1. The monoisotopic (exact) mass is 224 g/mol. The summed E-state index contributed by atoms with van der Waals surface area (Å²) in [6, 6.07) is 1.46. The summed E-state index contributed by atoms with van der Waals surface area (Å²) in [5.41, 5.74) is 5.35. The van der Waals surface area contributed by atoms with Crippen LogP contribution in [0.15, 0.2) is 10.9 Å². The Hall–Kier alpha value is -1.36. The molecule has 0 radical (unpaired) electrons. The van der Waals surface area contributed by atoms with Gasteiger partial charge in [0.1, 0.15) is 11.6 Å². The lowest BCUT2D eigenvalue weighted by Crippen LogP contribution is -2.42. The summed E-state index contributed by atoms with van der Waals surface area (Å²) in [4.78, 5) is 18.4. The summed E-state index contributed by atoms with van der Waals surface area (Å²) in [6.07, 6.45) is 1.58. The molecule has 0 bridgehead atoms. The quantitative estimate of drug-likeness (QED) is 0.693. The van der Waals surface area contributed by atoms with E-state index in [1.165, 1.54) is 6.07 Å². The van der Waals surface area contributed by atoms with E-state index in [2.05, 4.69) is 15.3 Å². The molecule has 1 rings (SSSR count). The molecule has 0 aromatic carbocycles. The number of nitrogens with one attached hydrogen (secondary N) is 2. The van der Waals surface area contributed by atoms with Crippen molar-refractivity contribution in [1.29, 1.82) is 0 Å². The maximum Gasteiger partial charge on any atom is 0.252 e. The van der Waals surface area contributed by atoms with E-state index in [0.717, 1.165) is 6.42 Å². The van der Waals surface area contributed by atoms with E-state index >= 15 is 0 Å². The second-order valence-electron chi connectivity index (χ2n) is 4.17. The van der Waals surface area contributed by atoms with Crippen LogP contribution < -0.4 is 16.6 Å². The van der Waals surface area contributed by atoms with Gasteiger partial charge < -0.3 is 16.0 Å². The number of rotatable bonds is 5. The molecule has 1 heterocycles. The first-order valence-corrected chi connectivity index (χ1v) is 5.61. The maximum atomic E-state index is 11.4. The first-order chi connectivity index (χ1) is 7.53. The third kappa shape index (κ3) is 3.06. The fourth-order valence-electron chi connectivity index (χ4n) is 1.33. The van der Waals surface area contributed by atoms with E-state index < -0.39 is 0 Å². The summed E-state index contributed by atoms with van der Waals surface area (Å²) in [5, 5.41) is 3.21. The molecule has 0 fully saturated rings. The third-order valence-corrected chi connectivity index (χ3v) is 2.79. The Kier molecular flexibility index (Phi) is 4.06. The summed E-state index contributed by atoms with van der Waals surface area (Å²) in [6.45, 7) is 6.51. The van der Waals surface area contributed by atoms with Gasteiger partial charge in [0, 0.05) is 24.6 Å². The molecule has 0 spiro atoms. The molecule has 90 valence electrons. The molecule has 0 aliphatic carbocycles. The average Bonchev–Trinajstić information content (AvgIpc) is 2.28. The Morgan fingerprint density at radius 1 is 1.56 bits per heavy atom. The predicted octanol–water partition coefficient (Wildman–Crippen LogP) is 0.872. The standard InChI is InChI=1S/C11H20N4O/c1-4-8-13-9(6-10(16)14-8)15-11(3,5-2)7-12/h6H,4-5,7,12H2,1-3H3,(H2,13,14,15,16). The Morgan fingerprint density at radius 3 is 2.75 bits per heavy atom. The molecule has 5 nitrogen and oxygen atoms in total. The van der Waals surface area contributed by atoms with Gasteiger partial charge in [-0.3, -0.25) is 4.79 Å². The smallest absolute Gasteiger partial charge is 0.252 e. The largest absolute Gasteiger partial charge is 0.363 e. The van der Waals surface area contributed by atoms with Crippen LogP contribution in [-0.2, 0) is 6.42 Å². The topological polar surface area (TPSA) is 83.8 Å². The Balaban J connectivity index is 2.96. The minimum Gasteiger partial charge on any atom is -0.363 e. The summed E-state index contributed by atoms with van der Waals surface area (Å²) in [7, 11) is 0. The number of anilines is 1. The first kappa shape index (κ1) is 12.7. The zero-order valence-corrected chi connectivity index (χ0v) is 10.1. The molecular weight excluding hydrogens is 204 g/mol. The van der Waals surface area contributed by atoms with Crippen LogP contribution >= 0.6 is 0 Å². The fourth-order valence-corrected chi connectivity index (χ4v) is 1.33. The zero-order chi connectivity index (χ0) is 12.2. The average molecular weight is 224 g/mol. The second kappa shape index (κ2) is 5.12. The van der Waals surface area contributed by atoms with Gasteiger partial charge in [-0.15, -0.1) is 0 Å². The normalized spacial score (nSPS) is 14.5. The lowest BCUT2D eigenvalue weighted by atomic mass is 9.99. The van der Waals surface area contributed by atoms with E-state index in [-0.39, 0.29) is 11.1 Å². The first-order valence-electron chi connectivity index (χ1n) is 5.61. The van der Waals surface area contributed by atoms with Crippen molar-refractivity contribution in [1.82, 2.24) is 9.97 Å². The molecule has 0 saturated heterocycles. The number of aryl methyl sites for hydroxylation is 1. The highest BCUT2D eigenvalue weighted by Gasteiger charge is 2.20. The van der Waals surface area contributed by atoms with E-state index in [4.69, 9.17) is 5.73 Å². The molecule has 0 amide bonds. The van der Waals surface area contributed by atoms with Crippen molar-refractivity contribution in [3.8, 4) is 0 Å². The van der Waals surface area contributed by atoms with Crippen LogP contribution in [-0.4, -0.2) is 22.1 Å². The molecule has 0 saturated carbocycles. The van der Waals surface area contributed by atoms with E-state index in [9.17, 15) is 4.79 Å². The Bertz CT molecular complexity index is 395. The number of H-pyrrole nitrogens is 1. The van der Waals surface area contributed by atoms with E-state index in [1.54, 1.807) is 0 Å². The van der Waals surface area contributed by atoms with Crippen LogP contribution in [0.4, 0.5) is 5.82 Å². The van der Waals surface area contributed by atoms with Gasteiger partial charge in [0.25, 0.3) is 5.56 Å². The summed E-state index contributed by atoms with van der Waals surface area (Å²) < 4.78 is 0. The second-order valence-corrected chi connectivity index (χ2v) is 4.17. The number of nitrogens with zero attached hydrogens (tertiary/aromatic N) is 1. The van der Waals surface area contributed by atoms with Gasteiger partial charge in [0.15, 0.2) is 0 Å². The number of hydrogen-bond donors (Lipinski definition) is 3. The Morgan fingerprint density at radius 2 is 2.25 bits per heavy atom. The molecule has 5 heteroatoms. The van der Waals surface area contributed by atoms with Crippen molar-refractivity contribution in [2.24, 2.45) is 5.73 Å².